The zero-order valence-electron chi connectivity index (χ0n) is 32.7. The normalized spacial score (nSPS) is 12.7. The molecule has 2 atom stereocenters. The van der Waals surface area contributed by atoms with Gasteiger partial charge in [0.1, 0.15) is 0 Å². The second-order valence-corrected chi connectivity index (χ2v) is 20.3. The molecule has 4 nitrogen and oxygen atoms in total. The minimum absolute atomic E-state index is 0.128. The molecule has 5 heteroatoms. The molecule has 0 aliphatic rings. The third-order valence-corrected chi connectivity index (χ3v) is 14.2. The van der Waals surface area contributed by atoms with Crippen LogP contribution >= 0.6 is 0 Å². The van der Waals surface area contributed by atoms with E-state index in [0.29, 0.717) is 13.0 Å². The van der Waals surface area contributed by atoms with Crippen molar-refractivity contribution < 1.29 is 18.7 Å². The maximum absolute atomic E-state index is 13.4. The van der Waals surface area contributed by atoms with Crippen LogP contribution in [-0.2, 0) is 18.7 Å². The Bertz CT molecular complexity index is 1450. The first-order valence-electron chi connectivity index (χ1n) is 19.2. The Hall–Kier alpha value is -3.01. The third kappa shape index (κ3) is 17.8. The summed E-state index contributed by atoms with van der Waals surface area (Å²) in [6.07, 6.45) is 16.1. The highest BCUT2D eigenvalue weighted by atomic mass is 28.4. The molecule has 50 heavy (non-hydrogen) atoms. The van der Waals surface area contributed by atoms with E-state index >= 15 is 0 Å². The number of methoxy groups -OCH3 is 1. The number of benzene rings is 2. The number of hydrogen-bond acceptors (Lipinski definition) is 4. The molecule has 2 aromatic carbocycles. The second kappa shape index (κ2) is 24.2. The van der Waals surface area contributed by atoms with Crippen molar-refractivity contribution in [2.24, 2.45) is 5.92 Å². The largest absolute Gasteiger partial charge is 0.447 e. The molecule has 0 radical (unpaired) electrons. The number of unbranched alkanes of at least 4 members (excludes halogenated alkanes) is 11. The van der Waals surface area contributed by atoms with Crippen LogP contribution in [0, 0.1) is 41.4 Å². The number of hydrogen-bond donors (Lipinski definition) is 0. The average Bonchev–Trinajstić information content (AvgIpc) is 3.07. The fourth-order valence-corrected chi connectivity index (χ4v) is 6.32. The molecule has 0 aliphatic heterocycles. The van der Waals surface area contributed by atoms with E-state index < -0.39 is 26.5 Å². The minimum atomic E-state index is -1.87. The maximum Gasteiger partial charge on any atom is 0.341 e. The van der Waals surface area contributed by atoms with E-state index in [1.54, 1.807) is 7.11 Å². The van der Waals surface area contributed by atoms with Crippen molar-refractivity contribution in [1.82, 2.24) is 0 Å². The Balaban J connectivity index is 1.82. The van der Waals surface area contributed by atoms with Gasteiger partial charge in [0, 0.05) is 20.0 Å². The monoisotopic (exact) mass is 698 g/mol. The SMILES string of the molecule is CO[C@H](C(=O)O[C@@H](C#CC#CCO[Si](C)(C)C(C)(C)C)CCCCCCCCCC#CCCCCCCC(C)C)c1ccc2ccccc2c1. The van der Waals surface area contributed by atoms with E-state index in [2.05, 4.69) is 89.3 Å². The molecule has 0 aromatic heterocycles. The highest BCUT2D eigenvalue weighted by molar-refractivity contribution is 6.74. The Labute approximate surface area is 307 Å². The maximum atomic E-state index is 13.4. The summed E-state index contributed by atoms with van der Waals surface area (Å²) in [6, 6.07) is 14.0. The molecule has 0 bridgehead atoms. The summed E-state index contributed by atoms with van der Waals surface area (Å²) in [6.45, 7) is 16.0. The molecule has 0 spiro atoms. The summed E-state index contributed by atoms with van der Waals surface area (Å²) in [5.74, 6) is 19.2. The Kier molecular flexibility index (Phi) is 20.9. The van der Waals surface area contributed by atoms with Crippen molar-refractivity contribution in [3.63, 3.8) is 0 Å². The van der Waals surface area contributed by atoms with E-state index in [-0.39, 0.29) is 5.04 Å². The predicted molar refractivity (Wildman–Crippen MR) is 214 cm³/mol. The van der Waals surface area contributed by atoms with Gasteiger partial charge < -0.3 is 13.9 Å². The van der Waals surface area contributed by atoms with E-state index in [1.165, 1.54) is 64.2 Å². The number of fused-ring (bicyclic) bond motifs is 1. The Morgan fingerprint density at radius 3 is 1.92 bits per heavy atom. The van der Waals surface area contributed by atoms with Crippen molar-refractivity contribution in [3.8, 4) is 35.5 Å². The van der Waals surface area contributed by atoms with E-state index in [4.69, 9.17) is 13.9 Å². The van der Waals surface area contributed by atoms with E-state index in [1.807, 2.05) is 36.4 Å². The predicted octanol–water partition coefficient (Wildman–Crippen LogP) is 12.0. The minimum Gasteiger partial charge on any atom is -0.447 e. The van der Waals surface area contributed by atoms with Gasteiger partial charge in [-0.1, -0.05) is 135 Å². The van der Waals surface area contributed by atoms with Crippen LogP contribution in [0.3, 0.4) is 0 Å². The average molecular weight is 699 g/mol. The summed E-state index contributed by atoms with van der Waals surface area (Å²) in [7, 11) is -0.326. The van der Waals surface area contributed by atoms with Crippen molar-refractivity contribution >= 4 is 25.1 Å². The molecule has 0 saturated carbocycles. The van der Waals surface area contributed by atoms with E-state index in [9.17, 15) is 4.79 Å². The van der Waals surface area contributed by atoms with Gasteiger partial charge in [-0.15, -0.1) is 11.8 Å². The summed E-state index contributed by atoms with van der Waals surface area (Å²) in [5, 5.41) is 2.29. The van der Waals surface area contributed by atoms with Crippen LogP contribution in [0.15, 0.2) is 42.5 Å². The first-order chi connectivity index (χ1) is 23.9. The quantitative estimate of drug-likeness (QED) is 0.0563. The summed E-state index contributed by atoms with van der Waals surface area (Å²) < 4.78 is 17.7. The molecule has 2 aromatic rings. The molecule has 0 saturated heterocycles. The topological polar surface area (TPSA) is 44.8 Å². The summed E-state index contributed by atoms with van der Waals surface area (Å²) in [4.78, 5) is 13.4. The first kappa shape index (κ1) is 43.2. The van der Waals surface area contributed by atoms with Gasteiger partial charge in [-0.25, -0.2) is 4.79 Å². The molecule has 274 valence electrons. The molecule has 2 rings (SSSR count). The lowest BCUT2D eigenvalue weighted by Crippen LogP contribution is -2.40. The van der Waals surface area contributed by atoms with Crippen molar-refractivity contribution in [2.45, 2.75) is 161 Å². The fourth-order valence-electron chi connectivity index (χ4n) is 5.46. The molecule has 0 unspecified atom stereocenters. The van der Waals surface area contributed by atoms with Gasteiger partial charge >= 0.3 is 5.97 Å². The van der Waals surface area contributed by atoms with Gasteiger partial charge in [0.25, 0.3) is 0 Å². The van der Waals surface area contributed by atoms with Gasteiger partial charge in [-0.05, 0) is 89.9 Å². The van der Waals surface area contributed by atoms with Crippen LogP contribution in [0.4, 0.5) is 0 Å². The standard InChI is InChI=1S/C45H66O4Si/c1-38(2)29-23-20-18-16-14-12-10-9-11-13-15-17-19-21-24-32-42(33-25-22-28-36-48-50(7,8)45(3,4)5)49-44(46)43(47-6)41-35-34-39-30-26-27-31-40(39)37-41/h26-27,30-31,34-35,37-38,42-43H,9,11,13-21,23-24,29,32,36H2,1-8H3/t42-,43+/m1/s1. The number of carbonyl (C=O) groups is 1. The summed E-state index contributed by atoms with van der Waals surface area (Å²) in [5.41, 5.74) is 0.768. The van der Waals surface area contributed by atoms with Gasteiger partial charge in [-0.3, -0.25) is 0 Å². The zero-order chi connectivity index (χ0) is 36.7. The van der Waals surface area contributed by atoms with Gasteiger partial charge in [0.05, 0.1) is 6.61 Å². The highest BCUT2D eigenvalue weighted by Gasteiger charge is 2.36. The van der Waals surface area contributed by atoms with Crippen LogP contribution in [0.25, 0.3) is 10.8 Å². The molecular formula is C45H66O4Si. The lowest BCUT2D eigenvalue weighted by molar-refractivity contribution is -0.159. The molecule has 0 heterocycles. The Morgan fingerprint density at radius 2 is 1.32 bits per heavy atom. The van der Waals surface area contributed by atoms with Crippen molar-refractivity contribution in [3.05, 3.63) is 48.0 Å². The van der Waals surface area contributed by atoms with Crippen LogP contribution < -0.4 is 0 Å². The fraction of sp³-hybridized carbons (Fsp3) is 0.622. The van der Waals surface area contributed by atoms with Crippen LogP contribution in [0.2, 0.25) is 18.1 Å². The molecular weight excluding hydrogens is 633 g/mol. The van der Waals surface area contributed by atoms with Crippen LogP contribution in [0.1, 0.15) is 143 Å². The Morgan fingerprint density at radius 1 is 0.740 bits per heavy atom. The molecule has 0 amide bonds. The van der Waals surface area contributed by atoms with Gasteiger partial charge in [0.2, 0.25) is 0 Å². The molecule has 0 aliphatic carbocycles. The zero-order valence-corrected chi connectivity index (χ0v) is 33.7. The summed E-state index contributed by atoms with van der Waals surface area (Å²) >= 11 is 0. The first-order valence-corrected chi connectivity index (χ1v) is 22.2. The molecule has 0 fully saturated rings. The van der Waals surface area contributed by atoms with Crippen LogP contribution in [0.5, 0.6) is 0 Å². The lowest BCUT2D eigenvalue weighted by Gasteiger charge is -2.35. The number of rotatable bonds is 21. The number of esters is 1. The van der Waals surface area contributed by atoms with Crippen LogP contribution in [-0.4, -0.2) is 34.1 Å². The van der Waals surface area contributed by atoms with Gasteiger partial charge in [0.15, 0.2) is 20.5 Å². The molecule has 0 N–H and O–H groups in total. The third-order valence-electron chi connectivity index (χ3n) is 9.71. The van der Waals surface area contributed by atoms with Gasteiger partial charge in [-0.2, -0.15) is 0 Å². The smallest absolute Gasteiger partial charge is 0.341 e. The van der Waals surface area contributed by atoms with Crippen molar-refractivity contribution in [2.75, 3.05) is 13.7 Å². The number of ether oxygens (including phenoxy) is 2. The number of carbonyl (C=O) groups excluding carboxylic acids is 1. The van der Waals surface area contributed by atoms with E-state index in [0.717, 1.165) is 47.9 Å². The lowest BCUT2D eigenvalue weighted by atomic mass is 10.0. The second-order valence-electron chi connectivity index (χ2n) is 15.5. The van der Waals surface area contributed by atoms with Crippen molar-refractivity contribution in [1.29, 1.82) is 0 Å². The highest BCUT2D eigenvalue weighted by Crippen LogP contribution is 2.36.